The van der Waals surface area contributed by atoms with Gasteiger partial charge in [-0.2, -0.15) is 9.49 Å². The predicted octanol–water partition coefficient (Wildman–Crippen LogP) is 3.19. The van der Waals surface area contributed by atoms with Gasteiger partial charge in [0.05, 0.1) is 35.1 Å². The van der Waals surface area contributed by atoms with Crippen LogP contribution in [-0.2, 0) is 0 Å². The Morgan fingerprint density at radius 3 is 2.73 bits per heavy atom. The number of hydrogen-bond donors (Lipinski definition) is 3. The van der Waals surface area contributed by atoms with E-state index in [4.69, 9.17) is 0 Å². The maximum Gasteiger partial charge on any atom is 0.255 e. The Morgan fingerprint density at radius 1 is 1.37 bits per heavy atom. The largest absolute Gasteiger partial charge is 0.387 e. The maximum absolute atomic E-state index is 14.1. The summed E-state index contributed by atoms with van der Waals surface area (Å²) in [4.78, 5) is 16.4. The molecule has 0 saturated carbocycles. The number of halogens is 2. The first kappa shape index (κ1) is 21.6. The highest BCUT2D eigenvalue weighted by atomic mass is 19.1. The minimum Gasteiger partial charge on any atom is -0.387 e. The van der Waals surface area contributed by atoms with Gasteiger partial charge in [-0.15, -0.1) is 0 Å². The zero-order chi connectivity index (χ0) is 22.1. The third kappa shape index (κ3) is 4.56. The monoisotopic (exact) mass is 417 g/mol. The summed E-state index contributed by atoms with van der Waals surface area (Å²) < 4.78 is 29.7. The summed E-state index contributed by atoms with van der Waals surface area (Å²) in [6, 6.07) is 4.94. The molecule has 0 radical (unpaired) electrons. The SMILES string of the molecule is CC(C)Nc1c(C(=O)NC[C@@H](F)C(C)(C)O)cnn2cc(-c3cccnc3F)cc12. The van der Waals surface area contributed by atoms with Gasteiger partial charge in [0.25, 0.3) is 5.91 Å². The fraction of sp³-hybridized carbons (Fsp3) is 0.381. The zero-order valence-corrected chi connectivity index (χ0v) is 17.3. The smallest absolute Gasteiger partial charge is 0.255 e. The van der Waals surface area contributed by atoms with Crippen LogP contribution < -0.4 is 10.6 Å². The van der Waals surface area contributed by atoms with Gasteiger partial charge in [0, 0.05) is 29.6 Å². The lowest BCUT2D eigenvalue weighted by molar-refractivity contribution is -0.00177. The van der Waals surface area contributed by atoms with Gasteiger partial charge in [-0.1, -0.05) is 0 Å². The molecule has 3 N–H and O–H groups in total. The van der Waals surface area contributed by atoms with Gasteiger partial charge in [0.1, 0.15) is 6.17 Å². The van der Waals surface area contributed by atoms with Crippen LogP contribution in [0.2, 0.25) is 0 Å². The Hall–Kier alpha value is -3.07. The Labute approximate surface area is 173 Å². The predicted molar refractivity (Wildman–Crippen MR) is 111 cm³/mol. The van der Waals surface area contributed by atoms with Crippen molar-refractivity contribution in [2.75, 3.05) is 11.9 Å². The summed E-state index contributed by atoms with van der Waals surface area (Å²) in [6.07, 6.45) is 2.75. The summed E-state index contributed by atoms with van der Waals surface area (Å²) in [5.41, 5.74) is 0.577. The van der Waals surface area contributed by atoms with E-state index < -0.39 is 23.6 Å². The number of rotatable bonds is 7. The molecule has 0 saturated heterocycles. The second-order valence-corrected chi connectivity index (χ2v) is 7.96. The highest BCUT2D eigenvalue weighted by Crippen LogP contribution is 2.29. The molecule has 7 nitrogen and oxygen atoms in total. The molecule has 0 unspecified atom stereocenters. The molecule has 1 amide bonds. The molecule has 3 aromatic rings. The van der Waals surface area contributed by atoms with Gasteiger partial charge >= 0.3 is 0 Å². The molecular formula is C21H25F2N5O2. The van der Waals surface area contributed by atoms with E-state index in [2.05, 4.69) is 20.7 Å². The van der Waals surface area contributed by atoms with E-state index in [1.165, 1.54) is 30.8 Å². The van der Waals surface area contributed by atoms with Crippen LogP contribution >= 0.6 is 0 Å². The van der Waals surface area contributed by atoms with Crippen molar-refractivity contribution in [2.24, 2.45) is 0 Å². The molecule has 0 aliphatic heterocycles. The number of nitrogens with zero attached hydrogens (tertiary/aromatic N) is 3. The number of aliphatic hydroxyl groups is 1. The van der Waals surface area contributed by atoms with Gasteiger partial charge in [0.2, 0.25) is 5.95 Å². The average Bonchev–Trinajstić information content (AvgIpc) is 3.09. The molecule has 3 heterocycles. The van der Waals surface area contributed by atoms with Crippen LogP contribution in [0, 0.1) is 5.95 Å². The molecule has 9 heteroatoms. The Balaban J connectivity index is 2.00. The van der Waals surface area contributed by atoms with E-state index in [-0.39, 0.29) is 18.2 Å². The topological polar surface area (TPSA) is 91.5 Å². The van der Waals surface area contributed by atoms with Gasteiger partial charge in [-0.25, -0.2) is 13.9 Å². The molecule has 0 bridgehead atoms. The van der Waals surface area contributed by atoms with Gasteiger partial charge in [-0.05, 0) is 45.9 Å². The van der Waals surface area contributed by atoms with E-state index in [1.54, 1.807) is 24.4 Å². The second-order valence-electron chi connectivity index (χ2n) is 7.96. The fourth-order valence-corrected chi connectivity index (χ4v) is 2.95. The number of aromatic nitrogens is 3. The molecule has 3 aromatic heterocycles. The highest BCUT2D eigenvalue weighted by Gasteiger charge is 2.27. The van der Waals surface area contributed by atoms with Gasteiger partial charge < -0.3 is 15.7 Å². The van der Waals surface area contributed by atoms with E-state index >= 15 is 0 Å². The van der Waals surface area contributed by atoms with Crippen molar-refractivity contribution in [1.29, 1.82) is 0 Å². The Morgan fingerprint density at radius 2 is 2.10 bits per heavy atom. The van der Waals surface area contributed by atoms with Crippen molar-refractivity contribution < 1.29 is 18.7 Å². The van der Waals surface area contributed by atoms with Crippen LogP contribution in [0.5, 0.6) is 0 Å². The number of anilines is 1. The average molecular weight is 417 g/mol. The number of alkyl halides is 1. The number of fused-ring (bicyclic) bond motifs is 1. The van der Waals surface area contributed by atoms with Crippen molar-refractivity contribution in [3.05, 3.63) is 48.3 Å². The molecule has 1 atom stereocenters. The lowest BCUT2D eigenvalue weighted by Crippen LogP contribution is -2.42. The van der Waals surface area contributed by atoms with Crippen LogP contribution in [-0.4, -0.2) is 50.0 Å². The zero-order valence-electron chi connectivity index (χ0n) is 17.3. The first-order valence-electron chi connectivity index (χ1n) is 9.61. The van der Waals surface area contributed by atoms with Crippen molar-refractivity contribution in [2.45, 2.75) is 45.5 Å². The standard InChI is InChI=1S/C21H25F2N5O2/c1-12(2)27-18-15(20(29)25-10-17(22)21(3,4)30)9-26-28-11-13(8-16(18)28)14-6-5-7-24-19(14)23/h5-9,11-12,17,27,30H,10H2,1-4H3,(H,25,29)/t17-/m1/s1. The normalized spacial score (nSPS) is 12.9. The minimum atomic E-state index is -1.63. The third-order valence-corrected chi connectivity index (χ3v) is 4.59. The maximum atomic E-state index is 14.1. The molecule has 3 rings (SSSR count). The number of nitrogens with one attached hydrogen (secondary N) is 2. The van der Waals surface area contributed by atoms with Crippen LogP contribution in [0.3, 0.4) is 0 Å². The van der Waals surface area contributed by atoms with Crippen molar-refractivity contribution in [3.8, 4) is 11.1 Å². The van der Waals surface area contributed by atoms with Crippen molar-refractivity contribution in [3.63, 3.8) is 0 Å². The summed E-state index contributed by atoms with van der Waals surface area (Å²) in [7, 11) is 0. The minimum absolute atomic E-state index is 0.0125. The number of pyridine rings is 1. The molecule has 0 aromatic carbocycles. The summed E-state index contributed by atoms with van der Waals surface area (Å²) >= 11 is 0. The molecular weight excluding hydrogens is 392 g/mol. The Kier molecular flexibility index (Phi) is 6.02. The lowest BCUT2D eigenvalue weighted by atomic mass is 10.0. The summed E-state index contributed by atoms with van der Waals surface area (Å²) in [5.74, 6) is -1.14. The van der Waals surface area contributed by atoms with Gasteiger partial charge in [-0.3, -0.25) is 4.79 Å². The molecule has 0 aliphatic rings. The summed E-state index contributed by atoms with van der Waals surface area (Å²) in [6.45, 7) is 6.15. The summed E-state index contributed by atoms with van der Waals surface area (Å²) in [5, 5.41) is 19.7. The third-order valence-electron chi connectivity index (χ3n) is 4.59. The van der Waals surface area contributed by atoms with Crippen LogP contribution in [0.25, 0.3) is 16.6 Å². The molecule has 0 aliphatic carbocycles. The quantitative estimate of drug-likeness (QED) is 0.514. The van der Waals surface area contributed by atoms with E-state index in [0.29, 0.717) is 22.3 Å². The highest BCUT2D eigenvalue weighted by molar-refractivity contribution is 6.03. The number of carbonyl (C=O) groups is 1. The van der Waals surface area contributed by atoms with Crippen LogP contribution in [0.1, 0.15) is 38.1 Å². The molecule has 0 spiro atoms. The molecule has 30 heavy (non-hydrogen) atoms. The fourth-order valence-electron chi connectivity index (χ4n) is 2.95. The number of hydrogen-bond acceptors (Lipinski definition) is 5. The molecule has 160 valence electrons. The van der Waals surface area contributed by atoms with E-state index in [9.17, 15) is 18.7 Å². The van der Waals surface area contributed by atoms with Crippen LogP contribution in [0.4, 0.5) is 14.5 Å². The van der Waals surface area contributed by atoms with E-state index in [1.807, 2.05) is 13.8 Å². The second kappa shape index (κ2) is 8.35. The number of amides is 1. The first-order chi connectivity index (χ1) is 14.1. The lowest BCUT2D eigenvalue weighted by Gasteiger charge is -2.23. The van der Waals surface area contributed by atoms with Gasteiger partial charge in [0.15, 0.2) is 0 Å². The first-order valence-corrected chi connectivity index (χ1v) is 9.61. The van der Waals surface area contributed by atoms with Crippen molar-refractivity contribution in [1.82, 2.24) is 19.9 Å². The van der Waals surface area contributed by atoms with Crippen molar-refractivity contribution >= 4 is 17.1 Å². The number of carbonyl (C=O) groups excluding carboxylic acids is 1. The Bertz CT molecular complexity index is 1060. The van der Waals surface area contributed by atoms with E-state index in [0.717, 1.165) is 0 Å². The van der Waals surface area contributed by atoms with Crippen LogP contribution in [0.15, 0.2) is 36.8 Å². The molecule has 0 fully saturated rings.